The minimum Gasteiger partial charge on any atom is -0.129 e. The topological polar surface area (TPSA) is 0 Å². The minimum atomic E-state index is 0.942. The molecule has 0 spiro atoms. The molecule has 0 atom stereocenters. The number of benzene rings is 1. The molecule has 0 saturated heterocycles. The standard InChI is InChI=1S/C10H8BrIS/c1-6-9-7(5-11)3-2-4-8(9)13-10(6)12/h2-4H,5H2,1H3. The van der Waals surface area contributed by atoms with E-state index in [-0.39, 0.29) is 0 Å². The van der Waals surface area contributed by atoms with E-state index in [1.807, 2.05) is 11.3 Å². The highest BCUT2D eigenvalue weighted by Gasteiger charge is 2.08. The van der Waals surface area contributed by atoms with Crippen LogP contribution in [0, 0.1) is 9.81 Å². The van der Waals surface area contributed by atoms with E-state index >= 15 is 0 Å². The van der Waals surface area contributed by atoms with Crippen molar-refractivity contribution >= 4 is 59.9 Å². The lowest BCUT2D eigenvalue weighted by molar-refractivity contribution is 1.46. The van der Waals surface area contributed by atoms with Gasteiger partial charge in [0, 0.05) is 15.4 Å². The molecule has 0 nitrogen and oxygen atoms in total. The lowest BCUT2D eigenvalue weighted by Gasteiger charge is -1.99. The number of hydrogen-bond donors (Lipinski definition) is 0. The third kappa shape index (κ3) is 1.66. The maximum Gasteiger partial charge on any atom is 0.0695 e. The fraction of sp³-hybridized carbons (Fsp3) is 0.200. The zero-order valence-electron chi connectivity index (χ0n) is 7.10. The predicted octanol–water partition coefficient (Wildman–Crippen LogP) is 4.71. The van der Waals surface area contributed by atoms with Gasteiger partial charge in [0.2, 0.25) is 0 Å². The lowest BCUT2D eigenvalue weighted by atomic mass is 10.1. The van der Waals surface area contributed by atoms with Crippen LogP contribution in [0.4, 0.5) is 0 Å². The van der Waals surface area contributed by atoms with Crippen molar-refractivity contribution in [1.82, 2.24) is 0 Å². The molecule has 1 heterocycles. The van der Waals surface area contributed by atoms with Crippen LogP contribution in [0.3, 0.4) is 0 Å². The molecule has 0 saturated carbocycles. The largest absolute Gasteiger partial charge is 0.129 e. The van der Waals surface area contributed by atoms with Crippen LogP contribution in [0.15, 0.2) is 18.2 Å². The van der Waals surface area contributed by atoms with E-state index in [0.717, 1.165) is 5.33 Å². The molecule has 1 aromatic carbocycles. The van der Waals surface area contributed by atoms with Crippen molar-refractivity contribution in [3.8, 4) is 0 Å². The average Bonchev–Trinajstić information content (AvgIpc) is 2.43. The van der Waals surface area contributed by atoms with E-state index in [1.165, 1.54) is 24.1 Å². The highest BCUT2D eigenvalue weighted by Crippen LogP contribution is 2.34. The van der Waals surface area contributed by atoms with Gasteiger partial charge in [0.05, 0.1) is 2.88 Å². The summed E-state index contributed by atoms with van der Waals surface area (Å²) in [7, 11) is 0. The summed E-state index contributed by atoms with van der Waals surface area (Å²) in [5.74, 6) is 0. The van der Waals surface area contributed by atoms with E-state index in [0.29, 0.717) is 0 Å². The van der Waals surface area contributed by atoms with Crippen LogP contribution < -0.4 is 0 Å². The summed E-state index contributed by atoms with van der Waals surface area (Å²) in [6, 6.07) is 6.51. The Morgan fingerprint density at radius 3 is 2.92 bits per heavy atom. The second kappa shape index (κ2) is 3.87. The molecule has 0 bridgehead atoms. The Balaban J connectivity index is 2.87. The van der Waals surface area contributed by atoms with Crippen LogP contribution in [-0.4, -0.2) is 0 Å². The fourth-order valence-electron chi connectivity index (χ4n) is 1.47. The van der Waals surface area contributed by atoms with Gasteiger partial charge in [-0.15, -0.1) is 11.3 Å². The van der Waals surface area contributed by atoms with Crippen molar-refractivity contribution < 1.29 is 0 Å². The molecule has 2 aromatic rings. The van der Waals surface area contributed by atoms with Crippen LogP contribution in [0.1, 0.15) is 11.1 Å². The van der Waals surface area contributed by atoms with Gasteiger partial charge < -0.3 is 0 Å². The Morgan fingerprint density at radius 2 is 2.23 bits per heavy atom. The summed E-state index contributed by atoms with van der Waals surface area (Å²) in [4.78, 5) is 0. The first-order valence-corrected chi connectivity index (χ1v) is 6.98. The third-order valence-corrected chi connectivity index (χ3v) is 5.25. The van der Waals surface area contributed by atoms with Gasteiger partial charge in [0.1, 0.15) is 0 Å². The van der Waals surface area contributed by atoms with E-state index in [4.69, 9.17) is 0 Å². The first-order valence-electron chi connectivity index (χ1n) is 3.96. The zero-order valence-corrected chi connectivity index (χ0v) is 11.7. The normalized spacial score (nSPS) is 11.0. The van der Waals surface area contributed by atoms with Crippen LogP contribution in [-0.2, 0) is 5.33 Å². The van der Waals surface area contributed by atoms with Crippen molar-refractivity contribution in [2.24, 2.45) is 0 Å². The summed E-state index contributed by atoms with van der Waals surface area (Å²) in [6.07, 6.45) is 0. The number of halogens is 2. The Bertz CT molecular complexity index is 447. The molecule has 0 radical (unpaired) electrons. The van der Waals surface area contributed by atoms with E-state index < -0.39 is 0 Å². The van der Waals surface area contributed by atoms with Gasteiger partial charge >= 0.3 is 0 Å². The molecule has 68 valence electrons. The number of alkyl halides is 1. The van der Waals surface area contributed by atoms with Crippen molar-refractivity contribution in [3.63, 3.8) is 0 Å². The van der Waals surface area contributed by atoms with Gasteiger partial charge in [-0.2, -0.15) is 0 Å². The summed E-state index contributed by atoms with van der Waals surface area (Å²) in [5.41, 5.74) is 2.82. The van der Waals surface area contributed by atoms with Crippen molar-refractivity contribution in [1.29, 1.82) is 0 Å². The molecule has 2 rings (SSSR count). The smallest absolute Gasteiger partial charge is 0.0695 e. The molecule has 0 aliphatic carbocycles. The van der Waals surface area contributed by atoms with Crippen molar-refractivity contribution in [2.45, 2.75) is 12.3 Å². The zero-order chi connectivity index (χ0) is 9.42. The number of hydrogen-bond acceptors (Lipinski definition) is 1. The quantitative estimate of drug-likeness (QED) is 0.506. The summed E-state index contributed by atoms with van der Waals surface area (Å²) >= 11 is 7.81. The van der Waals surface area contributed by atoms with Crippen LogP contribution in [0.25, 0.3) is 10.1 Å². The van der Waals surface area contributed by atoms with E-state index in [1.54, 1.807) is 0 Å². The van der Waals surface area contributed by atoms with Crippen LogP contribution >= 0.6 is 49.9 Å². The Hall–Kier alpha value is 0.390. The number of aryl methyl sites for hydroxylation is 1. The van der Waals surface area contributed by atoms with Gasteiger partial charge in [-0.05, 0) is 46.7 Å². The van der Waals surface area contributed by atoms with Gasteiger partial charge in [-0.25, -0.2) is 0 Å². The van der Waals surface area contributed by atoms with Crippen LogP contribution in [0.5, 0.6) is 0 Å². The molecular weight excluding hydrogens is 359 g/mol. The monoisotopic (exact) mass is 366 g/mol. The Morgan fingerprint density at radius 1 is 1.46 bits per heavy atom. The molecule has 0 N–H and O–H groups in total. The van der Waals surface area contributed by atoms with E-state index in [2.05, 4.69) is 63.6 Å². The molecular formula is C10H8BrIS. The van der Waals surface area contributed by atoms with Crippen LogP contribution in [0.2, 0.25) is 0 Å². The minimum absolute atomic E-state index is 0.942. The molecule has 0 unspecified atom stereocenters. The summed E-state index contributed by atoms with van der Waals surface area (Å²) < 4.78 is 2.81. The van der Waals surface area contributed by atoms with Gasteiger partial charge in [-0.1, -0.05) is 28.1 Å². The predicted molar refractivity (Wildman–Crippen MR) is 71.9 cm³/mol. The molecule has 0 fully saturated rings. The highest BCUT2D eigenvalue weighted by molar-refractivity contribution is 14.1. The molecule has 13 heavy (non-hydrogen) atoms. The molecule has 3 heteroatoms. The maximum absolute atomic E-state index is 3.52. The number of fused-ring (bicyclic) bond motifs is 1. The molecule has 1 aromatic heterocycles. The first-order chi connectivity index (χ1) is 6.24. The SMILES string of the molecule is Cc1c(I)sc2cccc(CBr)c12. The summed E-state index contributed by atoms with van der Waals surface area (Å²) in [6.45, 7) is 2.20. The van der Waals surface area contributed by atoms with Crippen molar-refractivity contribution in [3.05, 3.63) is 32.2 Å². The average molecular weight is 367 g/mol. The fourth-order valence-corrected chi connectivity index (χ4v) is 3.90. The number of thiophene rings is 1. The summed E-state index contributed by atoms with van der Waals surface area (Å²) in [5, 5.41) is 2.38. The number of rotatable bonds is 1. The Labute approximate surface area is 104 Å². The molecule has 0 aliphatic rings. The second-order valence-corrected chi connectivity index (χ2v) is 6.35. The van der Waals surface area contributed by atoms with Crippen molar-refractivity contribution in [2.75, 3.05) is 0 Å². The third-order valence-electron chi connectivity index (χ3n) is 2.13. The Kier molecular flexibility index (Phi) is 2.95. The van der Waals surface area contributed by atoms with Gasteiger partial charge in [0.25, 0.3) is 0 Å². The second-order valence-electron chi connectivity index (χ2n) is 2.92. The van der Waals surface area contributed by atoms with Gasteiger partial charge in [-0.3, -0.25) is 0 Å². The highest BCUT2D eigenvalue weighted by atomic mass is 127. The molecule has 0 aliphatic heterocycles. The maximum atomic E-state index is 3.52. The first kappa shape index (κ1) is 9.93. The molecule has 0 amide bonds. The lowest BCUT2D eigenvalue weighted by Crippen LogP contribution is -1.79. The van der Waals surface area contributed by atoms with E-state index in [9.17, 15) is 0 Å². The van der Waals surface area contributed by atoms with Gasteiger partial charge in [0.15, 0.2) is 0 Å².